The minimum Gasteiger partial charge on any atom is -0.385 e. The van der Waals surface area contributed by atoms with Gasteiger partial charge in [-0.3, -0.25) is 4.79 Å². The molecule has 1 aliphatic carbocycles. The molecule has 0 fully saturated rings. The molecular weight excluding hydrogens is 304 g/mol. The highest BCUT2D eigenvalue weighted by Gasteiger charge is 2.39. The third kappa shape index (κ3) is 6.62. The van der Waals surface area contributed by atoms with Gasteiger partial charge in [-0.05, 0) is 30.6 Å². The summed E-state index contributed by atoms with van der Waals surface area (Å²) in [5, 5.41) is 1.00. The van der Waals surface area contributed by atoms with Crippen LogP contribution in [0, 0.1) is 17.3 Å². The molecule has 0 heterocycles. The molecule has 4 unspecified atom stereocenters. The number of carbonyl (C=O) groups excluding carboxylic acids is 1. The average molecular weight is 341 g/mol. The van der Waals surface area contributed by atoms with E-state index < -0.39 is 0 Å². The Morgan fingerprint density at radius 2 is 2.09 bits per heavy atom. The standard InChI is InChI=1S/C20H36O2S/c1-7-9-17(11-13-22-6)23-16(3)14-18(21)19-15(2)10-8-12-20(19,4)5/h8,10,15-17,19H,7,9,11-14H2,1-6H3. The summed E-state index contributed by atoms with van der Waals surface area (Å²) >= 11 is 1.98. The number of hydrogen-bond donors (Lipinski definition) is 0. The molecule has 0 radical (unpaired) electrons. The fraction of sp³-hybridized carbons (Fsp3) is 0.850. The zero-order chi connectivity index (χ0) is 17.5. The van der Waals surface area contributed by atoms with Crippen molar-refractivity contribution in [1.82, 2.24) is 0 Å². The van der Waals surface area contributed by atoms with E-state index in [1.54, 1.807) is 7.11 Å². The first-order chi connectivity index (χ1) is 10.8. The molecule has 1 aliphatic rings. The van der Waals surface area contributed by atoms with E-state index in [2.05, 4.69) is 46.8 Å². The molecule has 0 saturated carbocycles. The number of carbonyl (C=O) groups is 1. The smallest absolute Gasteiger partial charge is 0.138 e. The van der Waals surface area contributed by atoms with Crippen LogP contribution in [0.2, 0.25) is 0 Å². The molecule has 0 spiro atoms. The number of methoxy groups -OCH3 is 1. The summed E-state index contributed by atoms with van der Waals surface area (Å²) in [6.07, 6.45) is 9.67. The zero-order valence-corrected chi connectivity index (χ0v) is 16.7. The lowest BCUT2D eigenvalue weighted by Crippen LogP contribution is -2.38. The van der Waals surface area contributed by atoms with Gasteiger partial charge in [-0.25, -0.2) is 0 Å². The van der Waals surface area contributed by atoms with Gasteiger partial charge in [-0.15, -0.1) is 0 Å². The Bertz CT molecular complexity index is 389. The third-order valence-electron chi connectivity index (χ3n) is 4.97. The van der Waals surface area contributed by atoms with Gasteiger partial charge in [0.2, 0.25) is 0 Å². The minimum atomic E-state index is 0.0918. The Morgan fingerprint density at radius 1 is 1.39 bits per heavy atom. The number of thioether (sulfide) groups is 1. The van der Waals surface area contributed by atoms with Crippen LogP contribution >= 0.6 is 11.8 Å². The van der Waals surface area contributed by atoms with Crippen LogP contribution in [-0.2, 0) is 9.53 Å². The van der Waals surface area contributed by atoms with Crippen molar-refractivity contribution in [2.45, 2.75) is 77.2 Å². The fourth-order valence-electron chi connectivity index (χ4n) is 3.90. The molecule has 0 aliphatic heterocycles. The van der Waals surface area contributed by atoms with Gasteiger partial charge in [0.25, 0.3) is 0 Å². The predicted octanol–water partition coefficient (Wildman–Crippen LogP) is 5.51. The Morgan fingerprint density at radius 3 is 2.65 bits per heavy atom. The zero-order valence-electron chi connectivity index (χ0n) is 15.9. The molecule has 0 aromatic carbocycles. The van der Waals surface area contributed by atoms with Crippen molar-refractivity contribution >= 4 is 17.5 Å². The number of Topliss-reactive ketones (excluding diaryl/α,β-unsaturated/α-hetero) is 1. The molecule has 0 N–H and O–H groups in total. The van der Waals surface area contributed by atoms with Gasteiger partial charge >= 0.3 is 0 Å². The van der Waals surface area contributed by atoms with Crippen molar-refractivity contribution in [3.63, 3.8) is 0 Å². The second-order valence-corrected chi connectivity index (χ2v) is 9.51. The van der Waals surface area contributed by atoms with E-state index in [4.69, 9.17) is 4.74 Å². The average Bonchev–Trinajstić information content (AvgIpc) is 2.43. The van der Waals surface area contributed by atoms with Crippen LogP contribution in [0.1, 0.15) is 66.7 Å². The molecule has 2 nitrogen and oxygen atoms in total. The van der Waals surface area contributed by atoms with Gasteiger partial charge in [0.05, 0.1) is 0 Å². The van der Waals surface area contributed by atoms with Gasteiger partial charge in [0.1, 0.15) is 5.78 Å². The largest absolute Gasteiger partial charge is 0.385 e. The molecule has 0 aromatic rings. The molecule has 3 heteroatoms. The molecular formula is C20H36O2S. The maximum absolute atomic E-state index is 12.9. The van der Waals surface area contributed by atoms with Gasteiger partial charge in [-0.2, -0.15) is 11.8 Å². The number of ketones is 1. The van der Waals surface area contributed by atoms with E-state index in [1.165, 1.54) is 12.8 Å². The molecule has 0 bridgehead atoms. The van der Waals surface area contributed by atoms with Crippen molar-refractivity contribution in [3.05, 3.63) is 12.2 Å². The summed E-state index contributed by atoms with van der Waals surface area (Å²) in [5.41, 5.74) is 0.0918. The summed E-state index contributed by atoms with van der Waals surface area (Å²) in [5.74, 6) is 0.983. The summed E-state index contributed by atoms with van der Waals surface area (Å²) in [6.45, 7) is 11.9. The Labute approximate surface area is 147 Å². The lowest BCUT2D eigenvalue weighted by atomic mass is 9.65. The van der Waals surface area contributed by atoms with E-state index in [0.717, 1.165) is 19.4 Å². The maximum atomic E-state index is 12.9. The summed E-state index contributed by atoms with van der Waals surface area (Å²) < 4.78 is 5.23. The monoisotopic (exact) mass is 340 g/mol. The van der Waals surface area contributed by atoms with Crippen LogP contribution in [0.25, 0.3) is 0 Å². The van der Waals surface area contributed by atoms with E-state index in [0.29, 0.717) is 28.6 Å². The second kappa shape index (κ2) is 9.88. The van der Waals surface area contributed by atoms with Crippen LogP contribution in [0.5, 0.6) is 0 Å². The quantitative estimate of drug-likeness (QED) is 0.490. The Hall–Kier alpha value is -0.280. The first-order valence-corrected chi connectivity index (χ1v) is 10.1. The lowest BCUT2D eigenvalue weighted by Gasteiger charge is -2.39. The third-order valence-corrected chi connectivity index (χ3v) is 6.45. The van der Waals surface area contributed by atoms with Crippen molar-refractivity contribution in [2.75, 3.05) is 13.7 Å². The molecule has 0 saturated heterocycles. The van der Waals surface area contributed by atoms with E-state index >= 15 is 0 Å². The first kappa shape index (κ1) is 20.8. The molecule has 134 valence electrons. The van der Waals surface area contributed by atoms with Crippen LogP contribution in [0.4, 0.5) is 0 Å². The van der Waals surface area contributed by atoms with E-state index in [-0.39, 0.29) is 11.3 Å². The molecule has 23 heavy (non-hydrogen) atoms. The van der Waals surface area contributed by atoms with Crippen molar-refractivity contribution in [3.8, 4) is 0 Å². The highest BCUT2D eigenvalue weighted by atomic mass is 32.2. The molecule has 0 aromatic heterocycles. The summed E-state index contributed by atoms with van der Waals surface area (Å²) in [4.78, 5) is 12.9. The summed E-state index contributed by atoms with van der Waals surface area (Å²) in [7, 11) is 1.76. The van der Waals surface area contributed by atoms with Crippen LogP contribution in [-0.4, -0.2) is 30.0 Å². The fourth-order valence-corrected chi connectivity index (χ4v) is 5.43. The topological polar surface area (TPSA) is 26.3 Å². The number of rotatable bonds is 10. The number of hydrogen-bond acceptors (Lipinski definition) is 3. The van der Waals surface area contributed by atoms with Gasteiger partial charge in [-0.1, -0.05) is 53.2 Å². The normalized spacial score (nSPS) is 26.0. The van der Waals surface area contributed by atoms with Crippen LogP contribution in [0.15, 0.2) is 12.2 Å². The SMILES string of the molecule is CCCC(CCOC)SC(C)CC(=O)C1C(C)C=CCC1(C)C. The predicted molar refractivity (Wildman–Crippen MR) is 102 cm³/mol. The maximum Gasteiger partial charge on any atom is 0.138 e. The van der Waals surface area contributed by atoms with Gasteiger partial charge < -0.3 is 4.74 Å². The number of ether oxygens (including phenoxy) is 1. The van der Waals surface area contributed by atoms with Gasteiger partial charge in [0, 0.05) is 36.6 Å². The molecule has 1 rings (SSSR count). The minimum absolute atomic E-state index is 0.0918. The van der Waals surface area contributed by atoms with Crippen molar-refractivity contribution < 1.29 is 9.53 Å². The molecule has 4 atom stereocenters. The Balaban J connectivity index is 2.59. The van der Waals surface area contributed by atoms with Crippen LogP contribution in [0.3, 0.4) is 0 Å². The van der Waals surface area contributed by atoms with Crippen molar-refractivity contribution in [1.29, 1.82) is 0 Å². The van der Waals surface area contributed by atoms with Crippen molar-refractivity contribution in [2.24, 2.45) is 17.3 Å². The lowest BCUT2D eigenvalue weighted by molar-refractivity contribution is -0.128. The summed E-state index contributed by atoms with van der Waals surface area (Å²) in [6, 6.07) is 0. The van der Waals surface area contributed by atoms with Crippen LogP contribution < -0.4 is 0 Å². The second-order valence-electron chi connectivity index (χ2n) is 7.77. The van der Waals surface area contributed by atoms with E-state index in [9.17, 15) is 4.79 Å². The first-order valence-electron chi connectivity index (χ1n) is 9.15. The highest BCUT2D eigenvalue weighted by Crippen LogP contribution is 2.42. The molecule has 0 amide bonds. The Kier molecular flexibility index (Phi) is 8.92. The van der Waals surface area contributed by atoms with Gasteiger partial charge in [0.15, 0.2) is 0 Å². The van der Waals surface area contributed by atoms with E-state index in [1.807, 2.05) is 11.8 Å². The highest BCUT2D eigenvalue weighted by molar-refractivity contribution is 8.00. The number of allylic oxidation sites excluding steroid dienone is 2.